The first-order valence-corrected chi connectivity index (χ1v) is 7.51. The molecule has 0 aliphatic heterocycles. The molecule has 0 fully saturated rings. The van der Waals surface area contributed by atoms with E-state index < -0.39 is 0 Å². The molecule has 0 saturated carbocycles. The van der Waals surface area contributed by atoms with E-state index >= 15 is 0 Å². The molecular formula is C18H19N3O3. The first-order chi connectivity index (χ1) is 11.6. The Morgan fingerprint density at radius 2 is 1.54 bits per heavy atom. The second kappa shape index (κ2) is 8.47. The van der Waals surface area contributed by atoms with Crippen LogP contribution in [0.25, 0.3) is 0 Å². The molecule has 6 nitrogen and oxygen atoms in total. The van der Waals surface area contributed by atoms with Gasteiger partial charge in [0.05, 0.1) is 13.0 Å². The maximum absolute atomic E-state index is 11.8. The van der Waals surface area contributed by atoms with Crippen LogP contribution in [-0.4, -0.2) is 31.3 Å². The van der Waals surface area contributed by atoms with Crippen molar-refractivity contribution in [1.29, 1.82) is 0 Å². The van der Waals surface area contributed by atoms with Gasteiger partial charge in [-0.3, -0.25) is 14.4 Å². The van der Waals surface area contributed by atoms with Gasteiger partial charge in [0.25, 0.3) is 5.91 Å². The van der Waals surface area contributed by atoms with Crippen LogP contribution in [0.1, 0.15) is 15.9 Å². The van der Waals surface area contributed by atoms with Crippen molar-refractivity contribution in [2.75, 3.05) is 18.9 Å². The molecule has 0 aliphatic rings. The van der Waals surface area contributed by atoms with Gasteiger partial charge >= 0.3 is 0 Å². The quantitative estimate of drug-likeness (QED) is 0.749. The summed E-state index contributed by atoms with van der Waals surface area (Å²) in [6.45, 7) is -0.108. The van der Waals surface area contributed by atoms with Crippen LogP contribution < -0.4 is 16.0 Å². The fourth-order valence-corrected chi connectivity index (χ4v) is 2.08. The second-order valence-electron chi connectivity index (χ2n) is 5.14. The van der Waals surface area contributed by atoms with Crippen LogP contribution in [0, 0.1) is 0 Å². The summed E-state index contributed by atoms with van der Waals surface area (Å²) in [7, 11) is 1.55. The molecule has 2 aromatic carbocycles. The first kappa shape index (κ1) is 17.2. The van der Waals surface area contributed by atoms with Crippen molar-refractivity contribution in [2.24, 2.45) is 0 Å². The van der Waals surface area contributed by atoms with E-state index in [1.165, 1.54) is 0 Å². The minimum atomic E-state index is -0.330. The van der Waals surface area contributed by atoms with Crippen LogP contribution in [0.3, 0.4) is 0 Å². The van der Waals surface area contributed by atoms with Crippen molar-refractivity contribution >= 4 is 23.4 Å². The van der Waals surface area contributed by atoms with E-state index in [2.05, 4.69) is 16.0 Å². The summed E-state index contributed by atoms with van der Waals surface area (Å²) in [6.07, 6.45) is 0.231. The highest BCUT2D eigenvalue weighted by Crippen LogP contribution is 2.09. The summed E-state index contributed by atoms with van der Waals surface area (Å²) >= 11 is 0. The normalized spacial score (nSPS) is 9.88. The van der Waals surface area contributed by atoms with Gasteiger partial charge in [0.2, 0.25) is 11.8 Å². The van der Waals surface area contributed by atoms with Gasteiger partial charge in [-0.15, -0.1) is 0 Å². The predicted octanol–water partition coefficient (Wildman–Crippen LogP) is 1.34. The molecule has 0 heterocycles. The predicted molar refractivity (Wildman–Crippen MR) is 91.6 cm³/mol. The summed E-state index contributed by atoms with van der Waals surface area (Å²) in [5.41, 5.74) is 1.96. The van der Waals surface area contributed by atoms with Gasteiger partial charge < -0.3 is 16.0 Å². The van der Waals surface area contributed by atoms with Crippen molar-refractivity contribution in [3.8, 4) is 0 Å². The number of nitrogens with one attached hydrogen (secondary N) is 3. The standard InChI is InChI=1S/C18H19N3O3/c1-19-18(24)14-7-9-15(10-8-14)21-17(23)12-20-16(22)11-13-5-3-2-4-6-13/h2-10H,11-12H2,1H3,(H,19,24)(H,20,22)(H,21,23). The molecule has 24 heavy (non-hydrogen) atoms. The highest BCUT2D eigenvalue weighted by atomic mass is 16.2. The summed E-state index contributed by atoms with van der Waals surface area (Å²) in [5, 5.41) is 7.76. The Balaban J connectivity index is 1.78. The van der Waals surface area contributed by atoms with E-state index in [-0.39, 0.29) is 30.7 Å². The second-order valence-corrected chi connectivity index (χ2v) is 5.14. The van der Waals surface area contributed by atoms with Gasteiger partial charge in [-0.05, 0) is 29.8 Å². The Bertz CT molecular complexity index is 712. The third kappa shape index (κ3) is 5.24. The molecule has 0 saturated heterocycles. The van der Waals surface area contributed by atoms with Gasteiger partial charge in [0, 0.05) is 18.3 Å². The molecule has 0 aliphatic carbocycles. The Morgan fingerprint density at radius 1 is 0.875 bits per heavy atom. The zero-order chi connectivity index (χ0) is 17.4. The zero-order valence-corrected chi connectivity index (χ0v) is 13.3. The molecule has 0 spiro atoms. The molecular weight excluding hydrogens is 306 g/mol. The highest BCUT2D eigenvalue weighted by molar-refractivity contribution is 5.97. The van der Waals surface area contributed by atoms with Crippen molar-refractivity contribution < 1.29 is 14.4 Å². The number of rotatable bonds is 6. The number of hydrogen-bond donors (Lipinski definition) is 3. The molecule has 3 amide bonds. The first-order valence-electron chi connectivity index (χ1n) is 7.51. The van der Waals surface area contributed by atoms with Crippen molar-refractivity contribution in [3.63, 3.8) is 0 Å². The summed E-state index contributed by atoms with van der Waals surface area (Å²) in [5.74, 6) is -0.739. The lowest BCUT2D eigenvalue weighted by molar-refractivity contribution is -0.123. The van der Waals surface area contributed by atoms with Crippen LogP contribution in [0.15, 0.2) is 54.6 Å². The third-order valence-electron chi connectivity index (χ3n) is 3.31. The summed E-state index contributed by atoms with van der Waals surface area (Å²) < 4.78 is 0. The van der Waals surface area contributed by atoms with E-state index in [0.717, 1.165) is 5.56 Å². The van der Waals surface area contributed by atoms with Gasteiger partial charge in [0.15, 0.2) is 0 Å². The molecule has 6 heteroatoms. The molecule has 0 unspecified atom stereocenters. The molecule has 2 rings (SSSR count). The topological polar surface area (TPSA) is 87.3 Å². The molecule has 124 valence electrons. The van der Waals surface area contributed by atoms with Crippen molar-refractivity contribution in [2.45, 2.75) is 6.42 Å². The lowest BCUT2D eigenvalue weighted by atomic mass is 10.1. The van der Waals surface area contributed by atoms with Crippen LogP contribution in [0.4, 0.5) is 5.69 Å². The Hall–Kier alpha value is -3.15. The number of hydrogen-bond acceptors (Lipinski definition) is 3. The number of benzene rings is 2. The maximum atomic E-state index is 11.8. The summed E-state index contributed by atoms with van der Waals surface area (Å²) in [4.78, 5) is 35.1. The number of anilines is 1. The van der Waals surface area contributed by atoms with E-state index in [1.54, 1.807) is 31.3 Å². The summed E-state index contributed by atoms with van der Waals surface area (Å²) in [6, 6.07) is 15.8. The Labute approximate surface area is 140 Å². The molecule has 2 aromatic rings. The van der Waals surface area contributed by atoms with Crippen LogP contribution in [0.5, 0.6) is 0 Å². The fraction of sp³-hybridized carbons (Fsp3) is 0.167. The van der Waals surface area contributed by atoms with Crippen LogP contribution in [0.2, 0.25) is 0 Å². The molecule has 0 aromatic heterocycles. The van der Waals surface area contributed by atoms with E-state index in [1.807, 2.05) is 30.3 Å². The average molecular weight is 325 g/mol. The van der Waals surface area contributed by atoms with E-state index in [0.29, 0.717) is 11.3 Å². The fourth-order valence-electron chi connectivity index (χ4n) is 2.08. The minimum Gasteiger partial charge on any atom is -0.355 e. The Kier molecular flexibility index (Phi) is 6.08. The molecule has 0 atom stereocenters. The zero-order valence-electron chi connectivity index (χ0n) is 13.3. The third-order valence-corrected chi connectivity index (χ3v) is 3.31. The van der Waals surface area contributed by atoms with Gasteiger partial charge in [-0.1, -0.05) is 30.3 Å². The maximum Gasteiger partial charge on any atom is 0.251 e. The number of carbonyl (C=O) groups is 3. The minimum absolute atomic E-state index is 0.108. The lowest BCUT2D eigenvalue weighted by Crippen LogP contribution is -2.33. The van der Waals surface area contributed by atoms with Gasteiger partial charge in [-0.25, -0.2) is 0 Å². The Morgan fingerprint density at radius 3 is 2.17 bits per heavy atom. The van der Waals surface area contributed by atoms with Crippen molar-refractivity contribution in [3.05, 3.63) is 65.7 Å². The van der Waals surface area contributed by atoms with Crippen LogP contribution in [-0.2, 0) is 16.0 Å². The van der Waals surface area contributed by atoms with Gasteiger partial charge in [0.1, 0.15) is 0 Å². The van der Waals surface area contributed by atoms with E-state index in [4.69, 9.17) is 0 Å². The molecule has 0 bridgehead atoms. The lowest BCUT2D eigenvalue weighted by Gasteiger charge is -2.08. The smallest absolute Gasteiger partial charge is 0.251 e. The van der Waals surface area contributed by atoms with Crippen molar-refractivity contribution in [1.82, 2.24) is 10.6 Å². The molecule has 0 radical (unpaired) electrons. The number of amides is 3. The SMILES string of the molecule is CNC(=O)c1ccc(NC(=O)CNC(=O)Cc2ccccc2)cc1. The highest BCUT2D eigenvalue weighted by Gasteiger charge is 2.08. The van der Waals surface area contributed by atoms with E-state index in [9.17, 15) is 14.4 Å². The monoisotopic (exact) mass is 325 g/mol. The van der Waals surface area contributed by atoms with Gasteiger partial charge in [-0.2, -0.15) is 0 Å². The largest absolute Gasteiger partial charge is 0.355 e. The number of carbonyl (C=O) groups excluding carboxylic acids is 3. The average Bonchev–Trinajstić information content (AvgIpc) is 2.61. The molecule has 3 N–H and O–H groups in total. The van der Waals surface area contributed by atoms with Crippen LogP contribution >= 0.6 is 0 Å².